The molecule has 0 saturated carbocycles. The summed E-state index contributed by atoms with van der Waals surface area (Å²) in [4.78, 5) is 0. The van der Waals surface area contributed by atoms with Crippen LogP contribution < -0.4 is 0 Å². The Hall–Kier alpha value is -0.780. The van der Waals surface area contributed by atoms with Crippen LogP contribution in [0.4, 0.5) is 0 Å². The maximum Gasteiger partial charge on any atom is -0.0348 e. The Morgan fingerprint density at radius 1 is 0.250 bits per heavy atom. The van der Waals surface area contributed by atoms with Crippen LogP contribution in [0.2, 0.25) is 0 Å². The zero-order valence-corrected chi connectivity index (χ0v) is 25.3. The van der Waals surface area contributed by atoms with Gasteiger partial charge in [0.15, 0.2) is 0 Å². The van der Waals surface area contributed by atoms with Gasteiger partial charge in [-0.3, -0.25) is 0 Å². The predicted octanol–water partition coefficient (Wildman–Crippen LogP) is 13.6. The van der Waals surface area contributed by atoms with Gasteiger partial charge in [0, 0.05) is 0 Å². The summed E-state index contributed by atoms with van der Waals surface area (Å²) >= 11 is 0. The third-order valence-corrected chi connectivity index (χ3v) is 7.55. The van der Waals surface area contributed by atoms with Crippen molar-refractivity contribution < 1.29 is 0 Å². The smallest absolute Gasteiger partial charge is 0.0348 e. The lowest BCUT2D eigenvalue weighted by Crippen LogP contribution is -1.83. The number of hydrogen-bond donors (Lipinski definition) is 0. The van der Waals surface area contributed by atoms with Crippen molar-refractivity contribution >= 4 is 0 Å². The minimum Gasteiger partial charge on any atom is -0.0845 e. The summed E-state index contributed by atoms with van der Waals surface area (Å²) in [5.41, 5.74) is 0. The first-order valence-corrected chi connectivity index (χ1v) is 16.9. The van der Waals surface area contributed by atoms with E-state index in [9.17, 15) is 0 Å². The van der Waals surface area contributed by atoms with Gasteiger partial charge in [0.05, 0.1) is 0 Å². The van der Waals surface area contributed by atoms with Crippen molar-refractivity contribution in [2.24, 2.45) is 0 Å². The van der Waals surface area contributed by atoms with Crippen molar-refractivity contribution in [2.45, 2.75) is 194 Å². The standard InChI is InChI=1S/C36H68/c1-3-5-7-9-11-13-15-17-19-21-23-25-27-29-31-33-35-36-34-32-30-28-26-24-22-20-18-16-14-12-10-8-6-4-2/h29,31,33-36H,3-28,30,32H2,1-2H3. The summed E-state index contributed by atoms with van der Waals surface area (Å²) in [6.45, 7) is 4.60. The lowest BCUT2D eigenvalue weighted by molar-refractivity contribution is 0.536. The van der Waals surface area contributed by atoms with Crippen LogP contribution in [-0.2, 0) is 0 Å². The average Bonchev–Trinajstić information content (AvgIpc) is 2.89. The lowest BCUT2D eigenvalue weighted by Gasteiger charge is -2.02. The van der Waals surface area contributed by atoms with E-state index in [-0.39, 0.29) is 0 Å². The maximum absolute atomic E-state index is 2.34. The molecule has 0 aliphatic carbocycles. The van der Waals surface area contributed by atoms with Crippen molar-refractivity contribution in [1.29, 1.82) is 0 Å². The fourth-order valence-corrected chi connectivity index (χ4v) is 5.04. The Morgan fingerprint density at radius 3 is 0.722 bits per heavy atom. The van der Waals surface area contributed by atoms with Crippen molar-refractivity contribution in [2.75, 3.05) is 0 Å². The second-order valence-corrected chi connectivity index (χ2v) is 11.3. The highest BCUT2D eigenvalue weighted by atomic mass is 14.0. The zero-order valence-electron chi connectivity index (χ0n) is 25.3. The first-order chi connectivity index (χ1) is 17.9. The van der Waals surface area contributed by atoms with Gasteiger partial charge in [-0.05, 0) is 25.7 Å². The predicted molar refractivity (Wildman–Crippen MR) is 168 cm³/mol. The molecule has 0 aliphatic rings. The molecule has 36 heavy (non-hydrogen) atoms. The molecular formula is C36H68. The van der Waals surface area contributed by atoms with Crippen molar-refractivity contribution in [3.63, 3.8) is 0 Å². The summed E-state index contributed by atoms with van der Waals surface area (Å²) in [7, 11) is 0. The second kappa shape index (κ2) is 34.2. The summed E-state index contributed by atoms with van der Waals surface area (Å²) in [6, 6.07) is 0. The molecule has 0 aliphatic heterocycles. The molecule has 0 amide bonds. The SMILES string of the molecule is CCCCCCCCCCCCCCC=CC=CC=CCCCCCCCCCCCCCCCC. The molecule has 0 aromatic carbocycles. The Kier molecular flexibility index (Phi) is 33.5. The highest BCUT2D eigenvalue weighted by molar-refractivity contribution is 5.10. The largest absolute Gasteiger partial charge is 0.0845 e. The molecule has 0 nitrogen and oxygen atoms in total. The molecule has 0 saturated heterocycles. The zero-order chi connectivity index (χ0) is 26.0. The van der Waals surface area contributed by atoms with E-state index in [0.29, 0.717) is 0 Å². The van der Waals surface area contributed by atoms with E-state index in [1.54, 1.807) is 0 Å². The highest BCUT2D eigenvalue weighted by Gasteiger charge is 1.94. The van der Waals surface area contributed by atoms with Gasteiger partial charge < -0.3 is 0 Å². The van der Waals surface area contributed by atoms with Gasteiger partial charge >= 0.3 is 0 Å². The van der Waals surface area contributed by atoms with E-state index in [1.807, 2.05) is 0 Å². The maximum atomic E-state index is 2.34. The Bertz CT molecular complexity index is 455. The summed E-state index contributed by atoms with van der Waals surface area (Å²) in [6.07, 6.45) is 53.4. The first-order valence-electron chi connectivity index (χ1n) is 16.9. The minimum absolute atomic E-state index is 1.24. The van der Waals surface area contributed by atoms with Crippen LogP contribution in [0.5, 0.6) is 0 Å². The molecule has 0 bridgehead atoms. The van der Waals surface area contributed by atoms with Crippen LogP contribution in [0.3, 0.4) is 0 Å². The van der Waals surface area contributed by atoms with Crippen LogP contribution in [0.25, 0.3) is 0 Å². The Morgan fingerprint density at radius 2 is 0.472 bits per heavy atom. The molecule has 0 heterocycles. The Balaban J connectivity index is 3.22. The van der Waals surface area contributed by atoms with Crippen molar-refractivity contribution in [3.8, 4) is 0 Å². The van der Waals surface area contributed by atoms with E-state index >= 15 is 0 Å². The molecule has 0 aromatic rings. The van der Waals surface area contributed by atoms with Gasteiger partial charge in [0.2, 0.25) is 0 Å². The molecule has 0 rings (SSSR count). The Labute approximate surface area is 229 Å². The first kappa shape index (κ1) is 35.2. The summed E-state index contributed by atoms with van der Waals surface area (Å²) in [5, 5.41) is 0. The third-order valence-electron chi connectivity index (χ3n) is 7.55. The molecular weight excluding hydrogens is 432 g/mol. The van der Waals surface area contributed by atoms with Crippen LogP contribution in [0.15, 0.2) is 36.5 Å². The summed E-state index contributed by atoms with van der Waals surface area (Å²) < 4.78 is 0. The van der Waals surface area contributed by atoms with Gasteiger partial charge in [0.1, 0.15) is 0 Å². The van der Waals surface area contributed by atoms with Gasteiger partial charge in [-0.15, -0.1) is 0 Å². The van der Waals surface area contributed by atoms with Crippen LogP contribution in [-0.4, -0.2) is 0 Å². The molecule has 0 fully saturated rings. The normalized spacial score (nSPS) is 12.2. The van der Waals surface area contributed by atoms with Crippen molar-refractivity contribution in [3.05, 3.63) is 36.5 Å². The number of hydrogen-bond acceptors (Lipinski definition) is 0. The third kappa shape index (κ3) is 33.2. The topological polar surface area (TPSA) is 0 Å². The molecule has 212 valence electrons. The number of rotatable bonds is 30. The second-order valence-electron chi connectivity index (χ2n) is 11.3. The van der Waals surface area contributed by atoms with Gasteiger partial charge in [-0.2, -0.15) is 0 Å². The fraction of sp³-hybridized carbons (Fsp3) is 0.833. The van der Waals surface area contributed by atoms with Gasteiger partial charge in [0.25, 0.3) is 0 Å². The monoisotopic (exact) mass is 501 g/mol. The van der Waals surface area contributed by atoms with E-state index < -0.39 is 0 Å². The molecule has 0 unspecified atom stereocenters. The minimum atomic E-state index is 1.24. The molecule has 0 radical (unpaired) electrons. The van der Waals surface area contributed by atoms with E-state index in [2.05, 4.69) is 50.3 Å². The highest BCUT2D eigenvalue weighted by Crippen LogP contribution is 2.14. The molecule has 0 aromatic heterocycles. The number of unbranched alkanes of at least 4 members (excludes halogenated alkanes) is 26. The molecule has 0 N–H and O–H groups in total. The van der Waals surface area contributed by atoms with Gasteiger partial charge in [-0.1, -0.05) is 204 Å². The van der Waals surface area contributed by atoms with Crippen LogP contribution in [0.1, 0.15) is 194 Å². The van der Waals surface area contributed by atoms with Crippen LogP contribution in [0, 0.1) is 0 Å². The van der Waals surface area contributed by atoms with Crippen molar-refractivity contribution in [1.82, 2.24) is 0 Å². The van der Waals surface area contributed by atoms with E-state index in [1.165, 1.54) is 180 Å². The van der Waals surface area contributed by atoms with E-state index in [4.69, 9.17) is 0 Å². The summed E-state index contributed by atoms with van der Waals surface area (Å²) in [5.74, 6) is 0. The average molecular weight is 501 g/mol. The molecule has 0 atom stereocenters. The van der Waals surface area contributed by atoms with Gasteiger partial charge in [-0.25, -0.2) is 0 Å². The quantitative estimate of drug-likeness (QED) is 0.0679. The number of allylic oxidation sites excluding steroid dienone is 6. The lowest BCUT2D eigenvalue weighted by atomic mass is 10.0. The fourth-order valence-electron chi connectivity index (χ4n) is 5.04. The van der Waals surface area contributed by atoms with Crippen LogP contribution >= 0.6 is 0 Å². The molecule has 0 spiro atoms. The molecule has 0 heteroatoms. The van der Waals surface area contributed by atoms with E-state index in [0.717, 1.165) is 0 Å².